The Hall–Kier alpha value is -1.32. The molecule has 0 spiro atoms. The molecule has 0 amide bonds. The van der Waals surface area contributed by atoms with Gasteiger partial charge in [-0.05, 0) is 19.1 Å². The highest BCUT2D eigenvalue weighted by atomic mass is 35.5. The van der Waals surface area contributed by atoms with E-state index in [2.05, 4.69) is 10.2 Å². The molecule has 0 aliphatic rings. The zero-order valence-corrected chi connectivity index (χ0v) is 9.96. The molecule has 5 heteroatoms. The summed E-state index contributed by atoms with van der Waals surface area (Å²) in [6.07, 6.45) is 0. The van der Waals surface area contributed by atoms with Gasteiger partial charge in [0.1, 0.15) is 5.75 Å². The summed E-state index contributed by atoms with van der Waals surface area (Å²) in [6, 6.07) is 9.11. The lowest BCUT2D eigenvalue weighted by molar-refractivity contribution is 0.478. The number of ether oxygens (including phenoxy) is 1. The predicted octanol–water partition coefficient (Wildman–Crippen LogP) is 3.88. The first kappa shape index (κ1) is 11.2. The van der Waals surface area contributed by atoms with Crippen LogP contribution >= 0.6 is 23.2 Å². The molecule has 2 rings (SSSR count). The second-order valence-electron chi connectivity index (χ2n) is 3.24. The van der Waals surface area contributed by atoms with Gasteiger partial charge in [-0.2, -0.15) is 0 Å². The molecule has 0 saturated heterocycles. The Morgan fingerprint density at radius 3 is 2.44 bits per heavy atom. The van der Waals surface area contributed by atoms with E-state index in [9.17, 15) is 0 Å². The van der Waals surface area contributed by atoms with Crippen LogP contribution in [0.5, 0.6) is 11.5 Å². The third-order valence-electron chi connectivity index (χ3n) is 1.94. The monoisotopic (exact) mass is 254 g/mol. The zero-order chi connectivity index (χ0) is 11.5. The molecule has 3 nitrogen and oxygen atoms in total. The van der Waals surface area contributed by atoms with E-state index in [0.717, 1.165) is 5.56 Å². The Morgan fingerprint density at radius 2 is 1.75 bits per heavy atom. The molecule has 1 aromatic carbocycles. The number of hydrogen-bond donors (Lipinski definition) is 0. The van der Waals surface area contributed by atoms with Crippen LogP contribution in [0.15, 0.2) is 30.3 Å². The van der Waals surface area contributed by atoms with Crippen molar-refractivity contribution in [2.75, 3.05) is 0 Å². The minimum atomic E-state index is 0.185. The first-order valence-corrected chi connectivity index (χ1v) is 5.34. The number of aromatic nitrogens is 2. The number of nitrogens with zero attached hydrogens (tertiary/aromatic N) is 2. The second-order valence-corrected chi connectivity index (χ2v) is 3.98. The van der Waals surface area contributed by atoms with E-state index in [4.69, 9.17) is 27.9 Å². The maximum Gasteiger partial charge on any atom is 0.194 e. The fraction of sp³-hybridized carbons (Fsp3) is 0.0909. The number of halogens is 2. The van der Waals surface area contributed by atoms with Gasteiger partial charge in [-0.25, -0.2) is 0 Å². The van der Waals surface area contributed by atoms with Crippen LogP contribution in [0.3, 0.4) is 0 Å². The van der Waals surface area contributed by atoms with Gasteiger partial charge in [0.05, 0.1) is 0 Å². The number of rotatable bonds is 2. The molecule has 0 aliphatic heterocycles. The fourth-order valence-electron chi connectivity index (χ4n) is 1.14. The number of hydrogen-bond acceptors (Lipinski definition) is 3. The van der Waals surface area contributed by atoms with Gasteiger partial charge in [-0.1, -0.05) is 40.9 Å². The summed E-state index contributed by atoms with van der Waals surface area (Å²) in [4.78, 5) is 0. The second kappa shape index (κ2) is 4.68. The quantitative estimate of drug-likeness (QED) is 0.816. The third kappa shape index (κ3) is 2.62. The lowest BCUT2D eigenvalue weighted by Crippen LogP contribution is -1.90. The predicted molar refractivity (Wildman–Crippen MR) is 63.3 cm³/mol. The molecule has 0 aliphatic carbocycles. The molecule has 0 bridgehead atoms. The third-order valence-corrected chi connectivity index (χ3v) is 2.38. The standard InChI is InChI=1S/C11H8Cl2N2O/c1-7-2-4-8(5-3-7)16-9-6-10(12)14-15-11(9)13/h2-6H,1H3. The Balaban J connectivity index is 2.26. The lowest BCUT2D eigenvalue weighted by atomic mass is 10.2. The number of aryl methyl sites for hydroxylation is 1. The van der Waals surface area contributed by atoms with Gasteiger partial charge in [0.15, 0.2) is 16.1 Å². The van der Waals surface area contributed by atoms with Crippen molar-refractivity contribution < 1.29 is 4.74 Å². The van der Waals surface area contributed by atoms with Crippen LogP contribution in [0.4, 0.5) is 0 Å². The minimum absolute atomic E-state index is 0.185. The minimum Gasteiger partial charge on any atom is -0.454 e. The van der Waals surface area contributed by atoms with E-state index in [-0.39, 0.29) is 10.3 Å². The van der Waals surface area contributed by atoms with Gasteiger partial charge in [0.25, 0.3) is 0 Å². The SMILES string of the molecule is Cc1ccc(Oc2cc(Cl)nnc2Cl)cc1. The fourth-order valence-corrected chi connectivity index (χ4v) is 1.41. The molecule has 82 valence electrons. The summed E-state index contributed by atoms with van der Waals surface area (Å²) < 4.78 is 5.53. The number of benzene rings is 1. The van der Waals surface area contributed by atoms with Crippen LogP contribution in [0.1, 0.15) is 5.56 Å². The summed E-state index contributed by atoms with van der Waals surface area (Å²) in [7, 11) is 0. The summed E-state index contributed by atoms with van der Waals surface area (Å²) in [6.45, 7) is 2.00. The molecular weight excluding hydrogens is 247 g/mol. The molecule has 0 unspecified atom stereocenters. The van der Waals surface area contributed by atoms with E-state index < -0.39 is 0 Å². The van der Waals surface area contributed by atoms with Crippen molar-refractivity contribution in [1.29, 1.82) is 0 Å². The summed E-state index contributed by atoms with van der Waals surface area (Å²) in [5.74, 6) is 1.07. The highest BCUT2D eigenvalue weighted by Crippen LogP contribution is 2.28. The van der Waals surface area contributed by atoms with Crippen molar-refractivity contribution in [2.24, 2.45) is 0 Å². The Morgan fingerprint density at radius 1 is 1.06 bits per heavy atom. The maximum atomic E-state index is 5.82. The van der Waals surface area contributed by atoms with Crippen molar-refractivity contribution in [3.8, 4) is 11.5 Å². The Kier molecular flexibility index (Phi) is 3.27. The molecule has 0 radical (unpaired) electrons. The molecule has 0 fully saturated rings. The van der Waals surface area contributed by atoms with E-state index in [0.29, 0.717) is 11.5 Å². The van der Waals surface area contributed by atoms with Gasteiger partial charge in [0.2, 0.25) is 0 Å². The van der Waals surface area contributed by atoms with E-state index in [1.807, 2.05) is 31.2 Å². The summed E-state index contributed by atoms with van der Waals surface area (Å²) in [5.41, 5.74) is 1.16. The first-order valence-electron chi connectivity index (χ1n) is 4.58. The van der Waals surface area contributed by atoms with Crippen LogP contribution in [0.25, 0.3) is 0 Å². The van der Waals surface area contributed by atoms with Gasteiger partial charge in [-0.15, -0.1) is 10.2 Å². The Labute approximate surface area is 103 Å². The average Bonchev–Trinajstić information content (AvgIpc) is 2.27. The van der Waals surface area contributed by atoms with Crippen molar-refractivity contribution in [3.05, 3.63) is 46.2 Å². The van der Waals surface area contributed by atoms with Crippen LogP contribution in [-0.4, -0.2) is 10.2 Å². The molecule has 2 aromatic rings. The largest absolute Gasteiger partial charge is 0.454 e. The van der Waals surface area contributed by atoms with Crippen LogP contribution in [0, 0.1) is 6.92 Å². The molecule has 0 atom stereocenters. The molecule has 1 heterocycles. The molecule has 16 heavy (non-hydrogen) atoms. The maximum absolute atomic E-state index is 5.82. The normalized spacial score (nSPS) is 10.2. The van der Waals surface area contributed by atoms with Gasteiger partial charge in [-0.3, -0.25) is 0 Å². The van der Waals surface area contributed by atoms with Gasteiger partial charge >= 0.3 is 0 Å². The van der Waals surface area contributed by atoms with Gasteiger partial charge < -0.3 is 4.74 Å². The van der Waals surface area contributed by atoms with Gasteiger partial charge in [0, 0.05) is 6.07 Å². The van der Waals surface area contributed by atoms with E-state index in [1.54, 1.807) is 0 Å². The molecule has 1 aromatic heterocycles. The summed E-state index contributed by atoms with van der Waals surface area (Å²) >= 11 is 11.5. The van der Waals surface area contributed by atoms with Crippen LogP contribution in [-0.2, 0) is 0 Å². The van der Waals surface area contributed by atoms with Crippen LogP contribution < -0.4 is 4.74 Å². The van der Waals surface area contributed by atoms with E-state index in [1.165, 1.54) is 6.07 Å². The zero-order valence-electron chi connectivity index (χ0n) is 8.45. The molecular formula is C11H8Cl2N2O. The smallest absolute Gasteiger partial charge is 0.194 e. The molecule has 0 N–H and O–H groups in total. The van der Waals surface area contributed by atoms with Crippen molar-refractivity contribution >= 4 is 23.2 Å². The summed E-state index contributed by atoms with van der Waals surface area (Å²) in [5, 5.41) is 7.68. The first-order chi connectivity index (χ1) is 7.65. The van der Waals surface area contributed by atoms with Crippen molar-refractivity contribution in [3.63, 3.8) is 0 Å². The molecule has 0 saturated carbocycles. The topological polar surface area (TPSA) is 35.0 Å². The van der Waals surface area contributed by atoms with Crippen molar-refractivity contribution in [1.82, 2.24) is 10.2 Å². The Bertz CT molecular complexity index is 500. The lowest BCUT2D eigenvalue weighted by Gasteiger charge is -2.06. The highest BCUT2D eigenvalue weighted by molar-refractivity contribution is 6.32. The van der Waals surface area contributed by atoms with Crippen LogP contribution in [0.2, 0.25) is 10.3 Å². The average molecular weight is 255 g/mol. The highest BCUT2D eigenvalue weighted by Gasteiger charge is 2.06. The van der Waals surface area contributed by atoms with Crippen molar-refractivity contribution in [2.45, 2.75) is 6.92 Å². The van der Waals surface area contributed by atoms with E-state index >= 15 is 0 Å².